The maximum Gasteiger partial charge on any atom is 0.127 e. The Balaban J connectivity index is 2.06. The van der Waals surface area contributed by atoms with Crippen LogP contribution in [-0.4, -0.2) is 35.1 Å². The number of hydrogen-bond acceptors (Lipinski definition) is 4. The van der Waals surface area contributed by atoms with Crippen molar-refractivity contribution in [2.45, 2.75) is 27.3 Å². The van der Waals surface area contributed by atoms with Gasteiger partial charge in [-0.15, -0.1) is 0 Å². The quantitative estimate of drug-likeness (QED) is 0.824. The first-order valence-corrected chi connectivity index (χ1v) is 7.75. The fourth-order valence-corrected chi connectivity index (χ4v) is 2.41. The van der Waals surface area contributed by atoms with Gasteiger partial charge in [0.15, 0.2) is 0 Å². The summed E-state index contributed by atoms with van der Waals surface area (Å²) in [5.41, 5.74) is 4.46. The van der Waals surface area contributed by atoms with Gasteiger partial charge in [-0.3, -0.25) is 0 Å². The Hall–Kier alpha value is -2.27. The SMILES string of the molecule is COc1ccc(/C=C(/C)CNc2c(C)c(C)nn2CCO)cc1. The second kappa shape index (κ2) is 7.83. The molecule has 5 nitrogen and oxygen atoms in total. The molecule has 1 heterocycles. The first-order chi connectivity index (χ1) is 11.0. The molecule has 0 amide bonds. The van der Waals surface area contributed by atoms with Crippen molar-refractivity contribution < 1.29 is 9.84 Å². The fourth-order valence-electron chi connectivity index (χ4n) is 2.41. The summed E-state index contributed by atoms with van der Waals surface area (Å²) >= 11 is 0. The Morgan fingerprint density at radius 2 is 2.00 bits per heavy atom. The molecule has 0 saturated carbocycles. The van der Waals surface area contributed by atoms with E-state index in [1.807, 2.05) is 42.8 Å². The third-order valence-corrected chi connectivity index (χ3v) is 3.80. The van der Waals surface area contributed by atoms with E-state index in [1.165, 1.54) is 5.57 Å². The van der Waals surface area contributed by atoms with E-state index in [0.29, 0.717) is 6.54 Å². The number of hydrogen-bond donors (Lipinski definition) is 2. The molecule has 0 aliphatic rings. The summed E-state index contributed by atoms with van der Waals surface area (Å²) in [6, 6.07) is 7.98. The Kier molecular flexibility index (Phi) is 5.82. The lowest BCUT2D eigenvalue weighted by atomic mass is 10.1. The molecule has 0 aliphatic heterocycles. The van der Waals surface area contributed by atoms with Crippen LogP contribution < -0.4 is 10.1 Å². The number of aromatic nitrogens is 2. The van der Waals surface area contributed by atoms with Crippen LogP contribution in [0.3, 0.4) is 0 Å². The number of aliphatic hydroxyl groups is 1. The number of methoxy groups -OCH3 is 1. The molecule has 0 fully saturated rings. The van der Waals surface area contributed by atoms with Crippen molar-refractivity contribution in [3.63, 3.8) is 0 Å². The monoisotopic (exact) mass is 315 g/mol. The number of anilines is 1. The van der Waals surface area contributed by atoms with Crippen molar-refractivity contribution in [1.82, 2.24) is 9.78 Å². The van der Waals surface area contributed by atoms with Crippen molar-refractivity contribution in [1.29, 1.82) is 0 Å². The summed E-state index contributed by atoms with van der Waals surface area (Å²) in [6.07, 6.45) is 2.14. The van der Waals surface area contributed by atoms with Gasteiger partial charge in [-0.2, -0.15) is 5.10 Å². The highest BCUT2D eigenvalue weighted by molar-refractivity contribution is 5.55. The summed E-state index contributed by atoms with van der Waals surface area (Å²) in [5.74, 6) is 1.83. The minimum atomic E-state index is 0.0793. The predicted octanol–water partition coefficient (Wildman–Crippen LogP) is 3.02. The summed E-state index contributed by atoms with van der Waals surface area (Å²) in [7, 11) is 1.67. The van der Waals surface area contributed by atoms with Gasteiger partial charge in [-0.1, -0.05) is 23.8 Å². The molecule has 0 aliphatic carbocycles. The highest BCUT2D eigenvalue weighted by Crippen LogP contribution is 2.19. The first kappa shape index (κ1) is 17.1. The number of ether oxygens (including phenoxy) is 1. The van der Waals surface area contributed by atoms with Gasteiger partial charge in [-0.05, 0) is 38.5 Å². The highest BCUT2D eigenvalue weighted by Gasteiger charge is 2.10. The maximum absolute atomic E-state index is 9.15. The lowest BCUT2D eigenvalue weighted by Crippen LogP contribution is -2.12. The van der Waals surface area contributed by atoms with E-state index >= 15 is 0 Å². The number of nitrogens with one attached hydrogen (secondary N) is 1. The van der Waals surface area contributed by atoms with Crippen molar-refractivity contribution in [2.24, 2.45) is 0 Å². The maximum atomic E-state index is 9.15. The molecule has 0 bridgehead atoms. The van der Waals surface area contributed by atoms with Crippen molar-refractivity contribution in [2.75, 3.05) is 25.6 Å². The summed E-state index contributed by atoms with van der Waals surface area (Å²) < 4.78 is 6.99. The molecule has 124 valence electrons. The van der Waals surface area contributed by atoms with Crippen LogP contribution >= 0.6 is 0 Å². The third-order valence-electron chi connectivity index (χ3n) is 3.80. The van der Waals surface area contributed by atoms with Gasteiger partial charge < -0.3 is 15.2 Å². The van der Waals surface area contributed by atoms with Crippen molar-refractivity contribution >= 4 is 11.9 Å². The van der Waals surface area contributed by atoms with Gasteiger partial charge in [0.2, 0.25) is 0 Å². The molecule has 0 saturated heterocycles. The second-order valence-electron chi connectivity index (χ2n) is 5.62. The van der Waals surface area contributed by atoms with Gasteiger partial charge in [0.1, 0.15) is 11.6 Å². The smallest absolute Gasteiger partial charge is 0.127 e. The molecule has 0 atom stereocenters. The second-order valence-corrected chi connectivity index (χ2v) is 5.62. The lowest BCUT2D eigenvalue weighted by molar-refractivity contribution is 0.270. The van der Waals surface area contributed by atoms with E-state index in [9.17, 15) is 0 Å². The molecule has 2 rings (SSSR count). The molecule has 1 aromatic carbocycles. The van der Waals surface area contributed by atoms with Crippen LogP contribution in [-0.2, 0) is 6.54 Å². The van der Waals surface area contributed by atoms with E-state index in [0.717, 1.165) is 34.9 Å². The standard InChI is InChI=1S/C18H25N3O2/c1-13(11-16-5-7-17(23-4)8-6-16)12-19-18-14(2)15(3)20-21(18)9-10-22/h5-8,11,19,22H,9-10,12H2,1-4H3/b13-11-. The van der Waals surface area contributed by atoms with Gasteiger partial charge in [0.05, 0.1) is 26.0 Å². The average Bonchev–Trinajstić information content (AvgIpc) is 2.81. The number of nitrogens with zero attached hydrogens (tertiary/aromatic N) is 2. The van der Waals surface area contributed by atoms with Crippen LogP contribution in [0.5, 0.6) is 5.75 Å². The zero-order valence-corrected chi connectivity index (χ0v) is 14.3. The number of aliphatic hydroxyl groups excluding tert-OH is 1. The van der Waals surface area contributed by atoms with Crippen molar-refractivity contribution in [3.05, 3.63) is 46.7 Å². The molecule has 1 aromatic heterocycles. The minimum Gasteiger partial charge on any atom is -0.497 e. The zero-order chi connectivity index (χ0) is 16.8. The van der Waals surface area contributed by atoms with E-state index < -0.39 is 0 Å². The Morgan fingerprint density at radius 1 is 1.30 bits per heavy atom. The molecule has 23 heavy (non-hydrogen) atoms. The predicted molar refractivity (Wildman–Crippen MR) is 93.9 cm³/mol. The van der Waals surface area contributed by atoms with Crippen LogP contribution in [0.25, 0.3) is 6.08 Å². The summed E-state index contributed by atoms with van der Waals surface area (Å²) in [4.78, 5) is 0. The molecule has 0 spiro atoms. The average molecular weight is 315 g/mol. The van der Waals surface area contributed by atoms with E-state index in [2.05, 4.69) is 23.4 Å². The molecular formula is C18H25N3O2. The molecule has 5 heteroatoms. The minimum absolute atomic E-state index is 0.0793. The fraction of sp³-hybridized carbons (Fsp3) is 0.389. The molecule has 2 aromatic rings. The van der Waals surface area contributed by atoms with Gasteiger partial charge in [-0.25, -0.2) is 4.68 Å². The number of aryl methyl sites for hydroxylation is 1. The van der Waals surface area contributed by atoms with E-state index in [1.54, 1.807) is 7.11 Å². The van der Waals surface area contributed by atoms with Gasteiger partial charge in [0, 0.05) is 12.1 Å². The summed E-state index contributed by atoms with van der Waals surface area (Å²) in [5, 5.41) is 17.0. The van der Waals surface area contributed by atoms with Crippen molar-refractivity contribution in [3.8, 4) is 5.75 Å². The normalized spacial score (nSPS) is 11.6. The van der Waals surface area contributed by atoms with Crippen LogP contribution in [0.15, 0.2) is 29.8 Å². The van der Waals surface area contributed by atoms with E-state index in [-0.39, 0.29) is 6.61 Å². The number of benzene rings is 1. The topological polar surface area (TPSA) is 59.3 Å². The largest absolute Gasteiger partial charge is 0.497 e. The lowest BCUT2D eigenvalue weighted by Gasteiger charge is -2.11. The van der Waals surface area contributed by atoms with E-state index in [4.69, 9.17) is 9.84 Å². The van der Waals surface area contributed by atoms with Crippen LogP contribution in [0.1, 0.15) is 23.7 Å². The molecular weight excluding hydrogens is 290 g/mol. The van der Waals surface area contributed by atoms with Crippen LogP contribution in [0, 0.1) is 13.8 Å². The number of rotatable bonds is 7. The Morgan fingerprint density at radius 3 is 2.61 bits per heavy atom. The third kappa shape index (κ3) is 4.36. The van der Waals surface area contributed by atoms with Crippen LogP contribution in [0.4, 0.5) is 5.82 Å². The summed E-state index contributed by atoms with van der Waals surface area (Å²) in [6.45, 7) is 7.42. The van der Waals surface area contributed by atoms with Gasteiger partial charge in [0.25, 0.3) is 0 Å². The highest BCUT2D eigenvalue weighted by atomic mass is 16.5. The Labute approximate surface area is 137 Å². The van der Waals surface area contributed by atoms with Crippen LogP contribution in [0.2, 0.25) is 0 Å². The first-order valence-electron chi connectivity index (χ1n) is 7.75. The molecule has 0 radical (unpaired) electrons. The zero-order valence-electron chi connectivity index (χ0n) is 14.3. The Bertz CT molecular complexity index is 672. The molecule has 0 unspecified atom stereocenters. The molecule has 2 N–H and O–H groups in total. The van der Waals surface area contributed by atoms with Gasteiger partial charge >= 0.3 is 0 Å².